The molecule has 1 atom stereocenters. The number of aliphatic carboxylic acids is 2. The van der Waals surface area contributed by atoms with Gasteiger partial charge in [-0.25, -0.2) is 14.0 Å². The van der Waals surface area contributed by atoms with Crippen LogP contribution < -0.4 is 5.73 Å². The average molecular weight is 508 g/mol. The second-order valence-corrected chi connectivity index (χ2v) is 7.64. The summed E-state index contributed by atoms with van der Waals surface area (Å²) in [5, 5.41) is 23.2. The third-order valence-corrected chi connectivity index (χ3v) is 4.90. The molecule has 0 aliphatic rings. The van der Waals surface area contributed by atoms with Gasteiger partial charge < -0.3 is 21.4 Å². The Labute approximate surface area is 214 Å². The number of aromatic nitrogens is 3. The van der Waals surface area contributed by atoms with Crippen LogP contribution in [0.4, 0.5) is 4.39 Å². The summed E-state index contributed by atoms with van der Waals surface area (Å²) in [6.45, 7) is 2.08. The summed E-state index contributed by atoms with van der Waals surface area (Å²) in [6, 6.07) is 10.4. The number of carboxylic acids is 2. The van der Waals surface area contributed by atoms with Crippen molar-refractivity contribution >= 4 is 23.7 Å². The highest BCUT2D eigenvalue weighted by molar-refractivity contribution is 6.08. The molecule has 10 heteroatoms. The number of nitrogens with one attached hydrogen (secondary N) is 1. The molecule has 0 aliphatic heterocycles. The number of benzene rings is 1. The summed E-state index contributed by atoms with van der Waals surface area (Å²) < 4.78 is 13.2. The quantitative estimate of drug-likeness (QED) is 0.247. The molecule has 0 amide bonds. The zero-order valence-corrected chi connectivity index (χ0v) is 19.5. The maximum absolute atomic E-state index is 13.2. The van der Waals surface area contributed by atoms with Crippen LogP contribution in [0, 0.1) is 11.2 Å². The lowest BCUT2D eigenvalue weighted by atomic mass is 9.94. The summed E-state index contributed by atoms with van der Waals surface area (Å²) >= 11 is 0. The standard InChI is InChI=1S/C22H22FN5.C4H4O4.CH4/c1-15(16-2-4-19(23)5-3-16)8-20-9-17(18(12-24)13-25)10-21(28-20)11-22-14-26-6-7-27-22;5-3(6)1-2-4(7)8;/h2-7,9-10,12-15,24H,8,11,25H2,1H3;1-2H,(H,5,6)(H,7,8);1H4/b18-13+,24-12?;2-1-;/t15-;;/m1../s1. The fourth-order valence-corrected chi connectivity index (χ4v) is 3.21. The Morgan fingerprint density at radius 3 is 2.19 bits per heavy atom. The molecular formula is C27H30FN5O4. The summed E-state index contributed by atoms with van der Waals surface area (Å²) in [7, 11) is 0. The number of nitrogens with two attached hydrogens (primary N) is 1. The molecule has 0 spiro atoms. The predicted molar refractivity (Wildman–Crippen MR) is 140 cm³/mol. The molecule has 2 heterocycles. The van der Waals surface area contributed by atoms with Crippen LogP contribution in [-0.2, 0) is 22.4 Å². The monoisotopic (exact) mass is 507 g/mol. The van der Waals surface area contributed by atoms with Crippen molar-refractivity contribution < 1.29 is 24.2 Å². The van der Waals surface area contributed by atoms with E-state index < -0.39 is 11.9 Å². The van der Waals surface area contributed by atoms with Gasteiger partial charge in [-0.3, -0.25) is 15.0 Å². The Morgan fingerprint density at radius 2 is 1.68 bits per heavy atom. The lowest BCUT2D eigenvalue weighted by Gasteiger charge is -2.14. The summed E-state index contributed by atoms with van der Waals surface area (Å²) in [4.78, 5) is 32.3. The van der Waals surface area contributed by atoms with Gasteiger partial charge in [0, 0.05) is 66.5 Å². The maximum Gasteiger partial charge on any atom is 0.328 e. The van der Waals surface area contributed by atoms with E-state index in [-0.39, 0.29) is 19.2 Å². The van der Waals surface area contributed by atoms with Gasteiger partial charge in [0.05, 0.1) is 5.69 Å². The van der Waals surface area contributed by atoms with E-state index in [1.54, 1.807) is 30.7 Å². The predicted octanol–water partition coefficient (Wildman–Crippen LogP) is 4.24. The number of hydrogen-bond acceptors (Lipinski definition) is 7. The number of allylic oxidation sites excluding steroid dienone is 1. The first-order valence-electron chi connectivity index (χ1n) is 10.8. The van der Waals surface area contributed by atoms with Gasteiger partial charge in [-0.1, -0.05) is 26.5 Å². The molecule has 37 heavy (non-hydrogen) atoms. The van der Waals surface area contributed by atoms with Crippen molar-refractivity contribution in [2.24, 2.45) is 5.73 Å². The molecule has 0 unspecified atom stereocenters. The highest BCUT2D eigenvalue weighted by atomic mass is 19.1. The highest BCUT2D eigenvalue weighted by Crippen LogP contribution is 2.23. The third kappa shape index (κ3) is 10.6. The number of hydrogen-bond donors (Lipinski definition) is 4. The van der Waals surface area contributed by atoms with Gasteiger partial charge in [-0.2, -0.15) is 0 Å². The van der Waals surface area contributed by atoms with Crippen molar-refractivity contribution in [3.8, 4) is 0 Å². The normalized spacial score (nSPS) is 11.6. The van der Waals surface area contributed by atoms with Gasteiger partial charge in [0.25, 0.3) is 0 Å². The minimum atomic E-state index is -1.26. The molecule has 3 rings (SSSR count). The Balaban J connectivity index is 0.000000661. The third-order valence-electron chi connectivity index (χ3n) is 4.90. The number of nitrogens with zero attached hydrogens (tertiary/aromatic N) is 3. The summed E-state index contributed by atoms with van der Waals surface area (Å²) in [5.74, 6) is -2.59. The van der Waals surface area contributed by atoms with Gasteiger partial charge >= 0.3 is 11.9 Å². The van der Waals surface area contributed by atoms with E-state index in [1.807, 2.05) is 12.1 Å². The van der Waals surface area contributed by atoms with Crippen LogP contribution in [0.1, 0.15) is 48.5 Å². The molecule has 0 saturated heterocycles. The van der Waals surface area contributed by atoms with Crippen molar-refractivity contribution in [1.82, 2.24) is 15.0 Å². The number of pyridine rings is 1. The zero-order valence-electron chi connectivity index (χ0n) is 19.5. The van der Waals surface area contributed by atoms with E-state index in [0.29, 0.717) is 30.6 Å². The summed E-state index contributed by atoms with van der Waals surface area (Å²) in [5.41, 5.74) is 10.7. The van der Waals surface area contributed by atoms with Gasteiger partial charge in [0.1, 0.15) is 5.82 Å². The molecule has 3 aromatic rings. The molecule has 0 fully saturated rings. The Kier molecular flexibility index (Phi) is 12.5. The average Bonchev–Trinajstić information content (AvgIpc) is 2.85. The van der Waals surface area contributed by atoms with Crippen LogP contribution in [0.2, 0.25) is 0 Å². The van der Waals surface area contributed by atoms with Gasteiger partial charge in [-0.15, -0.1) is 0 Å². The molecule has 0 radical (unpaired) electrons. The fourth-order valence-electron chi connectivity index (χ4n) is 3.21. The van der Waals surface area contributed by atoms with Gasteiger partial charge in [0.15, 0.2) is 0 Å². The number of carbonyl (C=O) groups is 2. The second kappa shape index (κ2) is 15.3. The highest BCUT2D eigenvalue weighted by Gasteiger charge is 2.12. The van der Waals surface area contributed by atoms with E-state index in [0.717, 1.165) is 28.2 Å². The lowest BCUT2D eigenvalue weighted by molar-refractivity contribution is -0.134. The first-order chi connectivity index (χ1) is 17.2. The smallest absolute Gasteiger partial charge is 0.328 e. The molecule has 194 valence electrons. The Hall–Kier alpha value is -4.73. The molecule has 0 bridgehead atoms. The largest absolute Gasteiger partial charge is 0.478 e. The Bertz CT molecular complexity index is 1230. The van der Waals surface area contributed by atoms with Crippen molar-refractivity contribution in [3.05, 3.63) is 107 Å². The first kappa shape index (κ1) is 30.3. The van der Waals surface area contributed by atoms with Crippen LogP contribution in [0.5, 0.6) is 0 Å². The van der Waals surface area contributed by atoms with Crippen LogP contribution in [0.3, 0.4) is 0 Å². The molecule has 9 nitrogen and oxygen atoms in total. The van der Waals surface area contributed by atoms with Crippen molar-refractivity contribution in [2.45, 2.75) is 33.1 Å². The van der Waals surface area contributed by atoms with E-state index in [4.69, 9.17) is 26.3 Å². The van der Waals surface area contributed by atoms with E-state index in [1.165, 1.54) is 24.5 Å². The van der Waals surface area contributed by atoms with E-state index in [2.05, 4.69) is 16.9 Å². The van der Waals surface area contributed by atoms with Gasteiger partial charge in [0.2, 0.25) is 0 Å². The van der Waals surface area contributed by atoms with Crippen LogP contribution in [0.25, 0.3) is 5.57 Å². The fraction of sp³-hybridized carbons (Fsp3) is 0.185. The van der Waals surface area contributed by atoms with Crippen molar-refractivity contribution in [1.29, 1.82) is 5.41 Å². The SMILES string of the molecule is C.C[C@H](Cc1cc(/C(C=N)=C/N)cc(Cc2cnccn2)n1)c1ccc(F)cc1.O=C(O)/C=C\C(=O)O. The van der Waals surface area contributed by atoms with E-state index in [9.17, 15) is 14.0 Å². The first-order valence-corrected chi connectivity index (χ1v) is 10.8. The summed E-state index contributed by atoms with van der Waals surface area (Å²) in [6.07, 6.45) is 9.98. The van der Waals surface area contributed by atoms with Crippen LogP contribution >= 0.6 is 0 Å². The number of rotatable bonds is 9. The van der Waals surface area contributed by atoms with Crippen molar-refractivity contribution in [2.75, 3.05) is 0 Å². The zero-order chi connectivity index (χ0) is 26.5. The minimum absolute atomic E-state index is 0. The maximum atomic E-state index is 13.2. The van der Waals surface area contributed by atoms with Gasteiger partial charge in [-0.05, 0) is 47.7 Å². The molecule has 2 aromatic heterocycles. The number of carboxylic acid groups (broad SMARTS) is 2. The van der Waals surface area contributed by atoms with Crippen LogP contribution in [0.15, 0.2) is 73.3 Å². The second-order valence-electron chi connectivity index (χ2n) is 7.64. The number of halogens is 1. The lowest BCUT2D eigenvalue weighted by Crippen LogP contribution is -2.06. The molecule has 0 saturated carbocycles. The van der Waals surface area contributed by atoms with E-state index >= 15 is 0 Å². The van der Waals surface area contributed by atoms with Crippen molar-refractivity contribution in [3.63, 3.8) is 0 Å². The Morgan fingerprint density at radius 1 is 1.05 bits per heavy atom. The molecule has 1 aromatic carbocycles. The topological polar surface area (TPSA) is 163 Å². The molecule has 5 N–H and O–H groups in total. The molecular weight excluding hydrogens is 477 g/mol. The van der Waals surface area contributed by atoms with Crippen LogP contribution in [-0.4, -0.2) is 43.3 Å². The minimum Gasteiger partial charge on any atom is -0.478 e. The molecule has 0 aliphatic carbocycles.